The molecule has 0 amide bonds. The molecule has 2 rings (SSSR count). The summed E-state index contributed by atoms with van der Waals surface area (Å²) in [5.41, 5.74) is 1.39. The van der Waals surface area contributed by atoms with Crippen LogP contribution in [0.5, 0.6) is 0 Å². The fraction of sp³-hybridized carbons (Fsp3) is 0.267. The van der Waals surface area contributed by atoms with Crippen LogP contribution in [0.3, 0.4) is 0 Å². The molecule has 1 N–H and O–H groups in total. The summed E-state index contributed by atoms with van der Waals surface area (Å²) in [4.78, 5) is 3.96. The van der Waals surface area contributed by atoms with E-state index in [-0.39, 0.29) is 6.04 Å². The van der Waals surface area contributed by atoms with Crippen molar-refractivity contribution in [3.8, 4) is 0 Å². The second-order valence-corrected chi connectivity index (χ2v) is 4.31. The van der Waals surface area contributed by atoms with Crippen LogP contribution in [0.4, 0.5) is 8.78 Å². The van der Waals surface area contributed by atoms with Gasteiger partial charge in [-0.3, -0.25) is 4.98 Å². The van der Waals surface area contributed by atoms with Crippen LogP contribution in [0, 0.1) is 11.6 Å². The van der Waals surface area contributed by atoms with E-state index in [1.54, 1.807) is 18.5 Å². The third-order valence-electron chi connectivity index (χ3n) is 3.01. The number of benzene rings is 1. The van der Waals surface area contributed by atoms with Crippen molar-refractivity contribution in [1.82, 2.24) is 10.3 Å². The molecule has 0 saturated carbocycles. The Balaban J connectivity index is 2.24. The Bertz CT molecular complexity index is 529. The molecule has 19 heavy (non-hydrogen) atoms. The van der Waals surface area contributed by atoms with Crippen LogP contribution < -0.4 is 5.32 Å². The van der Waals surface area contributed by atoms with Gasteiger partial charge in [-0.1, -0.05) is 19.1 Å². The van der Waals surface area contributed by atoms with Gasteiger partial charge in [0.25, 0.3) is 0 Å². The number of nitrogens with one attached hydrogen (secondary N) is 1. The van der Waals surface area contributed by atoms with Gasteiger partial charge >= 0.3 is 0 Å². The highest BCUT2D eigenvalue weighted by atomic mass is 19.2. The first-order chi connectivity index (χ1) is 9.22. The van der Waals surface area contributed by atoms with Crippen LogP contribution >= 0.6 is 0 Å². The summed E-state index contributed by atoms with van der Waals surface area (Å²) in [5, 5.41) is 3.28. The third kappa shape index (κ3) is 3.35. The molecule has 1 aromatic heterocycles. The Labute approximate surface area is 111 Å². The summed E-state index contributed by atoms with van der Waals surface area (Å²) in [6.45, 7) is 2.74. The number of hydrogen-bond acceptors (Lipinski definition) is 2. The lowest BCUT2D eigenvalue weighted by Crippen LogP contribution is -2.23. The Morgan fingerprint density at radius 2 is 1.89 bits per heavy atom. The molecule has 2 nitrogen and oxygen atoms in total. The lowest BCUT2D eigenvalue weighted by Gasteiger charge is -2.18. The Morgan fingerprint density at radius 1 is 1.16 bits per heavy atom. The number of pyridine rings is 1. The first-order valence-corrected chi connectivity index (χ1v) is 6.28. The zero-order chi connectivity index (χ0) is 13.7. The molecule has 2 aromatic rings. The first-order valence-electron chi connectivity index (χ1n) is 6.28. The maximum Gasteiger partial charge on any atom is 0.162 e. The predicted molar refractivity (Wildman–Crippen MR) is 70.7 cm³/mol. The first kappa shape index (κ1) is 13.6. The van der Waals surface area contributed by atoms with Crippen molar-refractivity contribution >= 4 is 0 Å². The number of likely N-dealkylation sites (N-methyl/N-ethyl adjacent to an activating group) is 1. The smallest absolute Gasteiger partial charge is 0.162 e. The molecule has 100 valence electrons. The summed E-state index contributed by atoms with van der Waals surface area (Å²) in [6, 6.07) is 7.99. The van der Waals surface area contributed by atoms with Gasteiger partial charge in [-0.15, -0.1) is 0 Å². The van der Waals surface area contributed by atoms with Crippen molar-refractivity contribution in [1.29, 1.82) is 0 Å². The summed E-state index contributed by atoms with van der Waals surface area (Å²) in [6.07, 6.45) is 3.80. The third-order valence-corrected chi connectivity index (χ3v) is 3.01. The molecule has 1 unspecified atom stereocenters. The van der Waals surface area contributed by atoms with Crippen LogP contribution in [0.1, 0.15) is 24.1 Å². The van der Waals surface area contributed by atoms with Crippen LogP contribution in [0.25, 0.3) is 0 Å². The minimum absolute atomic E-state index is 0.0516. The Kier molecular flexibility index (Phi) is 4.58. The molecule has 0 fully saturated rings. The number of nitrogens with zero attached hydrogens (tertiary/aromatic N) is 1. The van der Waals surface area contributed by atoms with Gasteiger partial charge in [-0.2, -0.15) is 0 Å². The quantitative estimate of drug-likeness (QED) is 0.894. The van der Waals surface area contributed by atoms with Crippen molar-refractivity contribution in [2.45, 2.75) is 19.4 Å². The van der Waals surface area contributed by atoms with Crippen LogP contribution in [-0.4, -0.2) is 11.5 Å². The van der Waals surface area contributed by atoms with Gasteiger partial charge in [0, 0.05) is 18.4 Å². The Morgan fingerprint density at radius 3 is 2.58 bits per heavy atom. The average molecular weight is 262 g/mol. The van der Waals surface area contributed by atoms with Crippen LogP contribution in [0.15, 0.2) is 42.7 Å². The minimum Gasteiger partial charge on any atom is -0.310 e. The fourth-order valence-corrected chi connectivity index (χ4v) is 2.08. The molecule has 0 spiro atoms. The number of aromatic nitrogens is 1. The van der Waals surface area contributed by atoms with E-state index >= 15 is 0 Å². The van der Waals surface area contributed by atoms with Gasteiger partial charge in [-0.05, 0) is 42.3 Å². The van der Waals surface area contributed by atoms with Crippen molar-refractivity contribution < 1.29 is 8.78 Å². The molecule has 0 aliphatic rings. The molecule has 1 heterocycles. The predicted octanol–water partition coefficient (Wildman–Crippen LogP) is 3.25. The molecule has 1 aromatic carbocycles. The lowest BCUT2D eigenvalue weighted by molar-refractivity contribution is 0.481. The maximum absolute atomic E-state index is 13.7. The monoisotopic (exact) mass is 262 g/mol. The van der Waals surface area contributed by atoms with E-state index in [0.29, 0.717) is 12.0 Å². The molecule has 0 aliphatic heterocycles. The topological polar surface area (TPSA) is 24.9 Å². The number of rotatable bonds is 5. The maximum atomic E-state index is 13.7. The summed E-state index contributed by atoms with van der Waals surface area (Å²) < 4.78 is 26.9. The molecule has 1 atom stereocenters. The number of hydrogen-bond donors (Lipinski definition) is 1. The molecular formula is C15H16F2N2. The van der Waals surface area contributed by atoms with Gasteiger partial charge in [0.15, 0.2) is 11.6 Å². The molecular weight excluding hydrogens is 246 g/mol. The lowest BCUT2D eigenvalue weighted by atomic mass is 9.99. The van der Waals surface area contributed by atoms with Gasteiger partial charge in [0.05, 0.1) is 0 Å². The Hall–Kier alpha value is -1.81. The van der Waals surface area contributed by atoms with E-state index in [0.717, 1.165) is 18.2 Å². The number of halogens is 2. The standard InChI is InChI=1S/C15H16F2N2/c1-2-19-14(11-6-8-18-9-7-11)10-12-4-3-5-13(16)15(12)17/h3-9,14,19H,2,10H2,1H3. The van der Waals surface area contributed by atoms with E-state index < -0.39 is 11.6 Å². The molecule has 0 radical (unpaired) electrons. The van der Waals surface area contributed by atoms with E-state index in [4.69, 9.17) is 0 Å². The summed E-state index contributed by atoms with van der Waals surface area (Å²) in [7, 11) is 0. The van der Waals surface area contributed by atoms with E-state index in [1.807, 2.05) is 19.1 Å². The highest BCUT2D eigenvalue weighted by molar-refractivity contribution is 5.24. The van der Waals surface area contributed by atoms with E-state index in [9.17, 15) is 8.78 Å². The van der Waals surface area contributed by atoms with Crippen LogP contribution in [0.2, 0.25) is 0 Å². The summed E-state index contributed by atoms with van der Waals surface area (Å²) in [5.74, 6) is -1.57. The zero-order valence-corrected chi connectivity index (χ0v) is 10.7. The van der Waals surface area contributed by atoms with Crippen molar-refractivity contribution in [2.24, 2.45) is 0 Å². The van der Waals surface area contributed by atoms with Crippen molar-refractivity contribution in [3.05, 3.63) is 65.5 Å². The van der Waals surface area contributed by atoms with Gasteiger partial charge in [-0.25, -0.2) is 8.78 Å². The second-order valence-electron chi connectivity index (χ2n) is 4.31. The molecule has 0 saturated heterocycles. The summed E-state index contributed by atoms with van der Waals surface area (Å²) >= 11 is 0. The normalized spacial score (nSPS) is 12.4. The van der Waals surface area contributed by atoms with Crippen molar-refractivity contribution in [2.75, 3.05) is 6.54 Å². The van der Waals surface area contributed by atoms with Gasteiger partial charge in [0.2, 0.25) is 0 Å². The zero-order valence-electron chi connectivity index (χ0n) is 10.7. The minimum atomic E-state index is -0.803. The second kappa shape index (κ2) is 6.38. The molecule has 0 bridgehead atoms. The largest absolute Gasteiger partial charge is 0.310 e. The SMILES string of the molecule is CCNC(Cc1cccc(F)c1F)c1ccncc1. The molecule has 0 aliphatic carbocycles. The highest BCUT2D eigenvalue weighted by Crippen LogP contribution is 2.21. The average Bonchev–Trinajstić information content (AvgIpc) is 2.44. The molecule has 4 heteroatoms. The van der Waals surface area contributed by atoms with Gasteiger partial charge < -0.3 is 5.32 Å². The van der Waals surface area contributed by atoms with E-state index in [1.165, 1.54) is 6.07 Å². The van der Waals surface area contributed by atoms with Gasteiger partial charge in [0.1, 0.15) is 0 Å². The van der Waals surface area contributed by atoms with Crippen molar-refractivity contribution in [3.63, 3.8) is 0 Å². The fourth-order valence-electron chi connectivity index (χ4n) is 2.08. The highest BCUT2D eigenvalue weighted by Gasteiger charge is 2.15. The van der Waals surface area contributed by atoms with Crippen LogP contribution in [-0.2, 0) is 6.42 Å². The van der Waals surface area contributed by atoms with E-state index in [2.05, 4.69) is 10.3 Å².